The third-order valence-electron chi connectivity index (χ3n) is 5.85. The van der Waals surface area contributed by atoms with Gasteiger partial charge in [0.15, 0.2) is 18.1 Å². The minimum absolute atomic E-state index is 0.0423. The van der Waals surface area contributed by atoms with Crippen LogP contribution in [0.4, 0.5) is 11.4 Å². The molecule has 0 aromatic heterocycles. The SMILES string of the molecule is COc1cc(C=C2SC(=S)N(C3CC3)C2=O)ccc1OCC(=O)N(c1ccccc1)c1ccccc1. The van der Waals surface area contributed by atoms with Crippen LogP contribution in [0.2, 0.25) is 0 Å². The number of thioether (sulfide) groups is 1. The molecule has 6 nitrogen and oxygen atoms in total. The lowest BCUT2D eigenvalue weighted by Gasteiger charge is -2.23. The van der Waals surface area contributed by atoms with Crippen LogP contribution >= 0.6 is 24.0 Å². The van der Waals surface area contributed by atoms with Crippen molar-refractivity contribution in [3.05, 3.63) is 89.3 Å². The molecule has 2 amide bonds. The molecule has 2 fully saturated rings. The fraction of sp³-hybridized carbons (Fsp3) is 0.179. The van der Waals surface area contributed by atoms with Gasteiger partial charge in [-0.3, -0.25) is 19.4 Å². The molecule has 8 heteroatoms. The molecule has 1 aliphatic carbocycles. The highest BCUT2D eigenvalue weighted by Crippen LogP contribution is 2.40. The first-order valence-corrected chi connectivity index (χ1v) is 12.8. The Morgan fingerprint density at radius 1 is 1.03 bits per heavy atom. The van der Waals surface area contributed by atoms with Crippen molar-refractivity contribution in [3.63, 3.8) is 0 Å². The van der Waals surface area contributed by atoms with Crippen LogP contribution in [0.3, 0.4) is 0 Å². The number of benzene rings is 3. The number of thiocarbonyl (C=S) groups is 1. The number of nitrogens with zero attached hydrogens (tertiary/aromatic N) is 2. The van der Waals surface area contributed by atoms with E-state index in [1.54, 1.807) is 29.0 Å². The summed E-state index contributed by atoms with van der Waals surface area (Å²) < 4.78 is 12.0. The number of rotatable bonds is 8. The van der Waals surface area contributed by atoms with E-state index in [0.29, 0.717) is 20.7 Å². The van der Waals surface area contributed by atoms with Gasteiger partial charge in [0.1, 0.15) is 4.32 Å². The Balaban J connectivity index is 1.32. The van der Waals surface area contributed by atoms with Gasteiger partial charge in [0, 0.05) is 17.4 Å². The molecule has 0 N–H and O–H groups in total. The summed E-state index contributed by atoms with van der Waals surface area (Å²) in [6, 6.07) is 24.5. The predicted octanol–water partition coefficient (Wildman–Crippen LogP) is 5.80. The lowest BCUT2D eigenvalue weighted by molar-refractivity contribution is -0.122. The Kier molecular flexibility index (Phi) is 7.06. The van der Waals surface area contributed by atoms with Gasteiger partial charge in [0.2, 0.25) is 0 Å². The monoisotopic (exact) mass is 516 g/mol. The smallest absolute Gasteiger partial charge is 0.269 e. The van der Waals surface area contributed by atoms with Crippen LogP contribution in [-0.4, -0.2) is 40.8 Å². The Morgan fingerprint density at radius 2 is 1.67 bits per heavy atom. The Hall–Kier alpha value is -3.62. The van der Waals surface area contributed by atoms with Crippen LogP contribution in [0.25, 0.3) is 6.08 Å². The quantitative estimate of drug-likeness (QED) is 0.279. The summed E-state index contributed by atoms with van der Waals surface area (Å²) in [4.78, 5) is 30.0. The average Bonchev–Trinajstić information content (AvgIpc) is 3.69. The fourth-order valence-corrected chi connectivity index (χ4v) is 5.37. The largest absolute Gasteiger partial charge is 0.493 e. The van der Waals surface area contributed by atoms with Gasteiger partial charge in [0.25, 0.3) is 11.8 Å². The van der Waals surface area contributed by atoms with Gasteiger partial charge in [-0.2, -0.15) is 0 Å². The summed E-state index contributed by atoms with van der Waals surface area (Å²) in [5.74, 6) is 0.649. The molecule has 1 saturated heterocycles. The van der Waals surface area contributed by atoms with E-state index in [1.165, 1.54) is 11.8 Å². The van der Waals surface area contributed by atoms with E-state index in [9.17, 15) is 9.59 Å². The van der Waals surface area contributed by atoms with Crippen LogP contribution in [0.15, 0.2) is 83.8 Å². The molecule has 0 radical (unpaired) electrons. The van der Waals surface area contributed by atoms with Crippen molar-refractivity contribution < 1.29 is 19.1 Å². The van der Waals surface area contributed by atoms with E-state index in [4.69, 9.17) is 21.7 Å². The van der Waals surface area contributed by atoms with Gasteiger partial charge in [-0.15, -0.1) is 0 Å². The minimum atomic E-state index is -0.220. The summed E-state index contributed by atoms with van der Waals surface area (Å²) in [5, 5.41) is 0. The lowest BCUT2D eigenvalue weighted by atomic mass is 10.2. The summed E-state index contributed by atoms with van der Waals surface area (Å²) in [5.41, 5.74) is 2.29. The molecule has 0 spiro atoms. The molecule has 0 bridgehead atoms. The molecule has 1 saturated carbocycles. The van der Waals surface area contributed by atoms with Gasteiger partial charge in [-0.05, 0) is 60.9 Å². The first kappa shape index (κ1) is 24.1. The number of amides is 2. The molecule has 5 rings (SSSR count). The maximum Gasteiger partial charge on any atom is 0.269 e. The highest BCUT2D eigenvalue weighted by molar-refractivity contribution is 8.26. The van der Waals surface area contributed by atoms with E-state index in [-0.39, 0.29) is 24.5 Å². The van der Waals surface area contributed by atoms with E-state index in [1.807, 2.05) is 72.8 Å². The zero-order valence-corrected chi connectivity index (χ0v) is 21.3. The number of carbonyl (C=O) groups excluding carboxylic acids is 2. The van der Waals surface area contributed by atoms with Crippen molar-refractivity contribution in [2.75, 3.05) is 18.6 Å². The van der Waals surface area contributed by atoms with Gasteiger partial charge in [0.05, 0.1) is 12.0 Å². The Labute approximate surface area is 219 Å². The lowest BCUT2D eigenvalue weighted by Crippen LogP contribution is -2.30. The molecule has 36 heavy (non-hydrogen) atoms. The van der Waals surface area contributed by atoms with Crippen molar-refractivity contribution in [1.29, 1.82) is 0 Å². The summed E-state index contributed by atoms with van der Waals surface area (Å²) in [6.07, 6.45) is 3.82. The number of carbonyl (C=O) groups is 2. The van der Waals surface area contributed by atoms with Crippen LogP contribution < -0.4 is 14.4 Å². The highest BCUT2D eigenvalue weighted by Gasteiger charge is 2.41. The average molecular weight is 517 g/mol. The predicted molar refractivity (Wildman–Crippen MR) is 147 cm³/mol. The first-order chi connectivity index (χ1) is 17.5. The van der Waals surface area contributed by atoms with Gasteiger partial charge in [-0.25, -0.2) is 0 Å². The highest BCUT2D eigenvalue weighted by atomic mass is 32.2. The third kappa shape index (κ3) is 5.15. The number of methoxy groups -OCH3 is 1. The Bertz CT molecular complexity index is 1280. The number of para-hydroxylation sites is 2. The summed E-state index contributed by atoms with van der Waals surface area (Å²) >= 11 is 6.72. The number of anilines is 2. The maximum atomic E-state index is 13.3. The van der Waals surface area contributed by atoms with Crippen molar-refractivity contribution in [2.24, 2.45) is 0 Å². The molecule has 1 heterocycles. The number of hydrogen-bond acceptors (Lipinski definition) is 6. The topological polar surface area (TPSA) is 59.1 Å². The molecule has 3 aromatic carbocycles. The number of hydrogen-bond donors (Lipinski definition) is 0. The standard InChI is InChI=1S/C28H24N2O4S2/c1-33-24-16-19(17-25-27(32)30(22-13-14-22)28(35)36-25)12-15-23(24)34-18-26(31)29(20-8-4-2-5-9-20)21-10-6-3-7-11-21/h2-12,15-17,22H,13-14,18H2,1H3. The molecule has 1 aliphatic heterocycles. The van der Waals surface area contributed by atoms with E-state index in [0.717, 1.165) is 29.8 Å². The van der Waals surface area contributed by atoms with E-state index in [2.05, 4.69) is 0 Å². The zero-order chi connectivity index (χ0) is 25.1. The summed E-state index contributed by atoms with van der Waals surface area (Å²) in [6.45, 7) is -0.181. The second-order valence-corrected chi connectivity index (χ2v) is 10.1. The molecule has 182 valence electrons. The Morgan fingerprint density at radius 3 is 2.25 bits per heavy atom. The normalized spacial score (nSPS) is 16.4. The fourth-order valence-electron chi connectivity index (χ4n) is 3.97. The zero-order valence-electron chi connectivity index (χ0n) is 19.6. The molecular formula is C28H24N2O4S2. The van der Waals surface area contributed by atoms with E-state index >= 15 is 0 Å². The van der Waals surface area contributed by atoms with Crippen molar-refractivity contribution in [3.8, 4) is 11.5 Å². The van der Waals surface area contributed by atoms with E-state index < -0.39 is 0 Å². The van der Waals surface area contributed by atoms with Crippen LogP contribution in [-0.2, 0) is 9.59 Å². The molecule has 0 atom stereocenters. The molecule has 2 aliphatic rings. The second-order valence-electron chi connectivity index (χ2n) is 8.38. The minimum Gasteiger partial charge on any atom is -0.493 e. The van der Waals surface area contributed by atoms with Crippen LogP contribution in [0, 0.1) is 0 Å². The first-order valence-electron chi connectivity index (χ1n) is 11.6. The molecule has 0 unspecified atom stereocenters. The van der Waals surface area contributed by atoms with Gasteiger partial charge in [-0.1, -0.05) is 66.4 Å². The third-order valence-corrected chi connectivity index (χ3v) is 7.18. The molecular weight excluding hydrogens is 492 g/mol. The van der Waals surface area contributed by atoms with Crippen molar-refractivity contribution >= 4 is 57.6 Å². The molecule has 3 aromatic rings. The van der Waals surface area contributed by atoms with Crippen molar-refractivity contribution in [1.82, 2.24) is 4.90 Å². The van der Waals surface area contributed by atoms with Gasteiger partial charge >= 0.3 is 0 Å². The number of ether oxygens (including phenoxy) is 2. The maximum absolute atomic E-state index is 13.3. The van der Waals surface area contributed by atoms with Crippen LogP contribution in [0.1, 0.15) is 18.4 Å². The van der Waals surface area contributed by atoms with Crippen molar-refractivity contribution in [2.45, 2.75) is 18.9 Å². The summed E-state index contributed by atoms with van der Waals surface area (Å²) in [7, 11) is 1.54. The van der Waals surface area contributed by atoms with Gasteiger partial charge < -0.3 is 9.47 Å². The van der Waals surface area contributed by atoms with Crippen LogP contribution in [0.5, 0.6) is 11.5 Å². The second kappa shape index (κ2) is 10.6.